The van der Waals surface area contributed by atoms with E-state index in [1.165, 1.54) is 25.7 Å². The second-order valence-electron chi connectivity index (χ2n) is 5.53. The fourth-order valence-corrected chi connectivity index (χ4v) is 2.29. The van der Waals surface area contributed by atoms with Gasteiger partial charge in [-0.3, -0.25) is 0 Å². The van der Waals surface area contributed by atoms with Crippen LogP contribution in [0.15, 0.2) is 0 Å². The van der Waals surface area contributed by atoms with Gasteiger partial charge in [0.25, 0.3) is 0 Å². The first-order valence-electron chi connectivity index (χ1n) is 6.20. The maximum absolute atomic E-state index is 8.89. The highest BCUT2D eigenvalue weighted by atomic mass is 14.9. The van der Waals surface area contributed by atoms with E-state index in [0.717, 1.165) is 18.9 Å². The molecule has 0 aromatic rings. The molecule has 0 aromatic carbocycles. The first-order chi connectivity index (χ1) is 7.05. The lowest BCUT2D eigenvalue weighted by Gasteiger charge is -2.22. The van der Waals surface area contributed by atoms with E-state index in [1.54, 1.807) is 0 Å². The molecule has 0 aliphatic heterocycles. The van der Waals surface area contributed by atoms with Crippen LogP contribution in [0.1, 0.15) is 52.9 Å². The molecule has 1 saturated carbocycles. The third-order valence-corrected chi connectivity index (χ3v) is 3.63. The van der Waals surface area contributed by atoms with Crippen molar-refractivity contribution in [1.82, 2.24) is 5.32 Å². The Hall–Kier alpha value is -0.550. The van der Waals surface area contributed by atoms with E-state index >= 15 is 0 Å². The summed E-state index contributed by atoms with van der Waals surface area (Å²) in [5, 5.41) is 12.5. The highest BCUT2D eigenvalue weighted by Crippen LogP contribution is 2.27. The topological polar surface area (TPSA) is 35.8 Å². The van der Waals surface area contributed by atoms with Crippen molar-refractivity contribution >= 4 is 0 Å². The van der Waals surface area contributed by atoms with Gasteiger partial charge in [0.2, 0.25) is 0 Å². The van der Waals surface area contributed by atoms with Crippen LogP contribution in [0.25, 0.3) is 0 Å². The quantitative estimate of drug-likeness (QED) is 0.753. The van der Waals surface area contributed by atoms with E-state index in [0.29, 0.717) is 6.04 Å². The van der Waals surface area contributed by atoms with Crippen molar-refractivity contribution < 1.29 is 0 Å². The van der Waals surface area contributed by atoms with Crippen molar-refractivity contribution in [2.45, 2.75) is 58.9 Å². The molecule has 0 aromatic heterocycles. The van der Waals surface area contributed by atoms with Crippen LogP contribution in [0.2, 0.25) is 0 Å². The molecule has 1 N–H and O–H groups in total. The van der Waals surface area contributed by atoms with Crippen molar-refractivity contribution in [1.29, 1.82) is 5.26 Å². The zero-order chi connectivity index (χ0) is 11.3. The summed E-state index contributed by atoms with van der Waals surface area (Å²) in [7, 11) is 0. The smallest absolute Gasteiger partial charge is 0.0684 e. The summed E-state index contributed by atoms with van der Waals surface area (Å²) >= 11 is 0. The molecular weight excluding hydrogens is 184 g/mol. The van der Waals surface area contributed by atoms with Crippen LogP contribution in [-0.2, 0) is 0 Å². The third kappa shape index (κ3) is 4.22. The molecule has 1 atom stereocenters. The Balaban J connectivity index is 2.17. The molecule has 86 valence electrons. The van der Waals surface area contributed by atoms with E-state index in [-0.39, 0.29) is 5.41 Å². The molecular formula is C13H24N2. The molecule has 2 heteroatoms. The maximum Gasteiger partial charge on any atom is 0.0684 e. The predicted octanol–water partition coefficient (Wildman–Crippen LogP) is 3.09. The van der Waals surface area contributed by atoms with Gasteiger partial charge in [-0.05, 0) is 52.5 Å². The van der Waals surface area contributed by atoms with Gasteiger partial charge in [0.15, 0.2) is 0 Å². The molecule has 2 nitrogen and oxygen atoms in total. The summed E-state index contributed by atoms with van der Waals surface area (Å²) in [4.78, 5) is 0. The van der Waals surface area contributed by atoms with Gasteiger partial charge in [-0.1, -0.05) is 12.8 Å². The third-order valence-electron chi connectivity index (χ3n) is 3.63. The molecule has 1 aliphatic carbocycles. The lowest BCUT2D eigenvalue weighted by Crippen LogP contribution is -2.34. The van der Waals surface area contributed by atoms with Crippen LogP contribution in [0.5, 0.6) is 0 Å². The fraction of sp³-hybridized carbons (Fsp3) is 0.923. The number of rotatable bonds is 5. The number of hydrogen-bond acceptors (Lipinski definition) is 2. The molecule has 1 fully saturated rings. The number of hydrogen-bond donors (Lipinski definition) is 1. The van der Waals surface area contributed by atoms with Gasteiger partial charge < -0.3 is 5.32 Å². The molecule has 15 heavy (non-hydrogen) atoms. The number of nitrogens with one attached hydrogen (secondary N) is 1. The minimum atomic E-state index is -0.178. The number of nitrogens with zero attached hydrogens (tertiary/aromatic N) is 1. The van der Waals surface area contributed by atoms with E-state index < -0.39 is 0 Å². The lowest BCUT2D eigenvalue weighted by molar-refractivity contribution is 0.351. The van der Waals surface area contributed by atoms with Gasteiger partial charge in [0, 0.05) is 6.04 Å². The second kappa shape index (κ2) is 5.51. The molecule has 1 rings (SSSR count). The summed E-state index contributed by atoms with van der Waals surface area (Å²) in [5.41, 5.74) is -0.178. The van der Waals surface area contributed by atoms with Crippen LogP contribution < -0.4 is 5.32 Å². The Morgan fingerprint density at radius 3 is 2.53 bits per heavy atom. The standard InChI is InChI=1S/C13H24N2/c1-11(12-6-4-5-7-12)15-9-8-13(2,3)10-14/h11-12,15H,4-9H2,1-3H3. The van der Waals surface area contributed by atoms with Crippen LogP contribution in [0, 0.1) is 22.7 Å². The van der Waals surface area contributed by atoms with E-state index in [2.05, 4.69) is 18.3 Å². The SMILES string of the molecule is CC(NCCC(C)(C)C#N)C1CCCC1. The van der Waals surface area contributed by atoms with Crippen LogP contribution in [0.3, 0.4) is 0 Å². The Morgan fingerprint density at radius 2 is 2.00 bits per heavy atom. The zero-order valence-electron chi connectivity index (χ0n) is 10.3. The van der Waals surface area contributed by atoms with Crippen molar-refractivity contribution in [3.05, 3.63) is 0 Å². The average Bonchev–Trinajstić information content (AvgIpc) is 2.70. The van der Waals surface area contributed by atoms with Crippen LogP contribution >= 0.6 is 0 Å². The van der Waals surface area contributed by atoms with Crippen LogP contribution in [0.4, 0.5) is 0 Å². The van der Waals surface area contributed by atoms with Crippen molar-refractivity contribution in [3.8, 4) is 6.07 Å². The van der Waals surface area contributed by atoms with Gasteiger partial charge in [-0.2, -0.15) is 5.26 Å². The van der Waals surface area contributed by atoms with Gasteiger partial charge in [0.1, 0.15) is 0 Å². The summed E-state index contributed by atoms with van der Waals surface area (Å²) in [6.07, 6.45) is 6.52. The predicted molar refractivity (Wildman–Crippen MR) is 63.4 cm³/mol. The molecule has 1 aliphatic rings. The lowest BCUT2D eigenvalue weighted by atomic mass is 9.91. The molecule has 0 spiro atoms. The average molecular weight is 208 g/mol. The number of nitriles is 1. The minimum Gasteiger partial charge on any atom is -0.314 e. The highest BCUT2D eigenvalue weighted by molar-refractivity contribution is 4.92. The molecule has 0 amide bonds. The van der Waals surface area contributed by atoms with E-state index in [4.69, 9.17) is 5.26 Å². The monoisotopic (exact) mass is 208 g/mol. The second-order valence-corrected chi connectivity index (χ2v) is 5.53. The molecule has 0 saturated heterocycles. The van der Waals surface area contributed by atoms with Crippen molar-refractivity contribution in [3.63, 3.8) is 0 Å². The summed E-state index contributed by atoms with van der Waals surface area (Å²) < 4.78 is 0. The Kier molecular flexibility index (Phi) is 4.60. The maximum atomic E-state index is 8.89. The van der Waals surface area contributed by atoms with Gasteiger partial charge in [-0.15, -0.1) is 0 Å². The largest absolute Gasteiger partial charge is 0.314 e. The molecule has 0 radical (unpaired) electrons. The van der Waals surface area contributed by atoms with E-state index in [9.17, 15) is 0 Å². The van der Waals surface area contributed by atoms with Gasteiger partial charge in [0.05, 0.1) is 11.5 Å². The van der Waals surface area contributed by atoms with Crippen LogP contribution in [-0.4, -0.2) is 12.6 Å². The van der Waals surface area contributed by atoms with Crippen molar-refractivity contribution in [2.75, 3.05) is 6.54 Å². The first-order valence-corrected chi connectivity index (χ1v) is 6.20. The molecule has 1 unspecified atom stereocenters. The Labute approximate surface area is 94.1 Å². The Morgan fingerprint density at radius 1 is 1.40 bits per heavy atom. The first kappa shape index (κ1) is 12.5. The highest BCUT2D eigenvalue weighted by Gasteiger charge is 2.22. The normalized spacial score (nSPS) is 20.1. The van der Waals surface area contributed by atoms with Gasteiger partial charge >= 0.3 is 0 Å². The minimum absolute atomic E-state index is 0.178. The molecule has 0 bridgehead atoms. The van der Waals surface area contributed by atoms with Gasteiger partial charge in [-0.25, -0.2) is 0 Å². The zero-order valence-corrected chi connectivity index (χ0v) is 10.3. The fourth-order valence-electron chi connectivity index (χ4n) is 2.29. The molecule has 0 heterocycles. The summed E-state index contributed by atoms with van der Waals surface area (Å²) in [6.45, 7) is 7.28. The van der Waals surface area contributed by atoms with Crippen molar-refractivity contribution in [2.24, 2.45) is 11.3 Å². The summed E-state index contributed by atoms with van der Waals surface area (Å²) in [6, 6.07) is 2.97. The Bertz CT molecular complexity index is 221. The summed E-state index contributed by atoms with van der Waals surface area (Å²) in [5.74, 6) is 0.871. The van der Waals surface area contributed by atoms with E-state index in [1.807, 2.05) is 13.8 Å².